The van der Waals surface area contributed by atoms with Crippen LogP contribution < -0.4 is 15.8 Å². The van der Waals surface area contributed by atoms with Gasteiger partial charge >= 0.3 is 11.8 Å². The molecule has 116 valence electrons. The fourth-order valence-corrected chi connectivity index (χ4v) is 2.01. The molecule has 2 rings (SSSR count). The van der Waals surface area contributed by atoms with Gasteiger partial charge in [-0.1, -0.05) is 12.1 Å². The average molecular weight is 324 g/mol. The van der Waals surface area contributed by atoms with Crippen LogP contribution in [0.3, 0.4) is 0 Å². The fourth-order valence-electron chi connectivity index (χ4n) is 1.49. The van der Waals surface area contributed by atoms with Crippen molar-refractivity contribution in [1.82, 2.24) is 20.5 Å². The van der Waals surface area contributed by atoms with E-state index in [1.165, 1.54) is 30.6 Å². The molecule has 0 aliphatic carbocycles. The molecular weight excluding hydrogens is 312 g/mol. The lowest BCUT2D eigenvalue weighted by molar-refractivity contribution is -0.136. The Hall–Kier alpha value is -2.79. The molecule has 0 aliphatic rings. The minimum atomic E-state index is -3.76. The van der Waals surface area contributed by atoms with Gasteiger partial charge in [0.2, 0.25) is 16.0 Å². The molecule has 0 unspecified atom stereocenters. The fraction of sp³-hybridized carbons (Fsp3) is 0.0909. The van der Waals surface area contributed by atoms with Gasteiger partial charge in [-0.3, -0.25) is 14.9 Å². The minimum Gasteiger partial charge on any atom is -0.344 e. The van der Waals surface area contributed by atoms with E-state index in [0.717, 1.165) is 0 Å². The quantitative estimate of drug-likeness (QED) is 0.512. The predicted octanol–water partition coefficient (Wildman–Crippen LogP) is -1.29. The third kappa shape index (κ3) is 4.10. The second-order valence-corrected chi connectivity index (χ2v) is 5.72. The maximum Gasteiger partial charge on any atom is 0.316 e. The van der Waals surface area contributed by atoms with Gasteiger partial charge in [0.25, 0.3) is 0 Å². The standard InChI is InChI=1S/C11H12N6O4S/c12-22(20,21)8-3-1-7(2-4-8)5-13-9(18)10(19)16-11-14-6-15-17-11/h1-4,6H,5H2,(H,13,18)(H2,12,20,21)(H2,14,15,16,17,19). The first-order valence-corrected chi connectivity index (χ1v) is 7.47. The molecule has 0 saturated heterocycles. The summed E-state index contributed by atoms with van der Waals surface area (Å²) in [6, 6.07) is 5.58. The second kappa shape index (κ2) is 6.32. The molecule has 0 fully saturated rings. The summed E-state index contributed by atoms with van der Waals surface area (Å²) >= 11 is 0. The number of hydrogen-bond acceptors (Lipinski definition) is 6. The van der Waals surface area contributed by atoms with E-state index in [4.69, 9.17) is 5.14 Å². The number of primary sulfonamides is 1. The van der Waals surface area contributed by atoms with Crippen LogP contribution >= 0.6 is 0 Å². The van der Waals surface area contributed by atoms with Crippen LogP contribution in [-0.4, -0.2) is 35.4 Å². The van der Waals surface area contributed by atoms with Crippen LogP contribution in [0.5, 0.6) is 0 Å². The summed E-state index contributed by atoms with van der Waals surface area (Å²) in [6.45, 7) is 0.0492. The molecule has 1 aromatic carbocycles. The molecule has 10 nitrogen and oxygen atoms in total. The zero-order chi connectivity index (χ0) is 16.2. The first-order valence-electron chi connectivity index (χ1n) is 5.92. The van der Waals surface area contributed by atoms with Gasteiger partial charge < -0.3 is 5.32 Å². The van der Waals surface area contributed by atoms with Crippen molar-refractivity contribution < 1.29 is 18.0 Å². The number of amides is 2. The number of nitrogens with one attached hydrogen (secondary N) is 3. The largest absolute Gasteiger partial charge is 0.344 e. The van der Waals surface area contributed by atoms with Crippen molar-refractivity contribution in [1.29, 1.82) is 0 Å². The van der Waals surface area contributed by atoms with Crippen LogP contribution in [0.1, 0.15) is 5.56 Å². The van der Waals surface area contributed by atoms with Gasteiger partial charge in [0.05, 0.1) is 4.90 Å². The number of carbonyl (C=O) groups excluding carboxylic acids is 2. The highest BCUT2D eigenvalue weighted by Crippen LogP contribution is 2.08. The lowest BCUT2D eigenvalue weighted by Crippen LogP contribution is -2.35. The van der Waals surface area contributed by atoms with Crippen LogP contribution in [0.15, 0.2) is 35.5 Å². The first kappa shape index (κ1) is 15.6. The van der Waals surface area contributed by atoms with Gasteiger partial charge in [-0.2, -0.15) is 10.1 Å². The molecule has 0 spiro atoms. The van der Waals surface area contributed by atoms with Crippen molar-refractivity contribution in [3.63, 3.8) is 0 Å². The Morgan fingerprint density at radius 3 is 2.41 bits per heavy atom. The number of aromatic nitrogens is 3. The zero-order valence-electron chi connectivity index (χ0n) is 11.1. The maximum atomic E-state index is 11.6. The Labute approximate surface area is 125 Å². The zero-order valence-corrected chi connectivity index (χ0v) is 11.9. The van der Waals surface area contributed by atoms with Gasteiger partial charge in [0.15, 0.2) is 0 Å². The smallest absolute Gasteiger partial charge is 0.316 e. The summed E-state index contributed by atoms with van der Waals surface area (Å²) in [6.07, 6.45) is 1.18. The average Bonchev–Trinajstić information content (AvgIpc) is 2.97. The number of benzene rings is 1. The van der Waals surface area contributed by atoms with Crippen molar-refractivity contribution >= 4 is 27.8 Å². The Balaban J connectivity index is 1.89. The Morgan fingerprint density at radius 1 is 1.18 bits per heavy atom. The van der Waals surface area contributed by atoms with Crippen molar-refractivity contribution in [3.8, 4) is 0 Å². The predicted molar refractivity (Wildman–Crippen MR) is 74.7 cm³/mol. The van der Waals surface area contributed by atoms with Crippen molar-refractivity contribution in [2.45, 2.75) is 11.4 Å². The lowest BCUT2D eigenvalue weighted by atomic mass is 10.2. The SMILES string of the molecule is NS(=O)(=O)c1ccc(CNC(=O)C(=O)Nc2ncn[nH]2)cc1. The van der Waals surface area contributed by atoms with Crippen LogP contribution in [0.2, 0.25) is 0 Å². The third-order valence-corrected chi connectivity index (χ3v) is 3.49. The van der Waals surface area contributed by atoms with Crippen molar-refractivity contribution in [2.24, 2.45) is 5.14 Å². The number of rotatable bonds is 4. The molecule has 5 N–H and O–H groups in total. The highest BCUT2D eigenvalue weighted by atomic mass is 32.2. The molecule has 1 heterocycles. The van der Waals surface area contributed by atoms with E-state index in [2.05, 4.69) is 25.8 Å². The van der Waals surface area contributed by atoms with E-state index in [1.807, 2.05) is 0 Å². The van der Waals surface area contributed by atoms with Crippen LogP contribution in [0.4, 0.5) is 5.95 Å². The first-order chi connectivity index (χ1) is 10.4. The third-order valence-electron chi connectivity index (χ3n) is 2.56. The number of carbonyl (C=O) groups is 2. The van der Waals surface area contributed by atoms with E-state index in [9.17, 15) is 18.0 Å². The molecule has 0 radical (unpaired) electrons. The summed E-state index contributed by atoms with van der Waals surface area (Å²) < 4.78 is 22.2. The molecule has 0 aliphatic heterocycles. The van der Waals surface area contributed by atoms with Crippen LogP contribution in [-0.2, 0) is 26.2 Å². The Bertz CT molecular complexity index is 769. The minimum absolute atomic E-state index is 0.0364. The van der Waals surface area contributed by atoms with Gasteiger partial charge in [-0.15, -0.1) is 0 Å². The highest BCUT2D eigenvalue weighted by molar-refractivity contribution is 7.89. The summed E-state index contributed by atoms with van der Waals surface area (Å²) in [5.41, 5.74) is 0.605. The number of sulfonamides is 1. The molecule has 1 aromatic heterocycles. The van der Waals surface area contributed by atoms with Gasteiger partial charge in [-0.05, 0) is 17.7 Å². The lowest BCUT2D eigenvalue weighted by Gasteiger charge is -2.05. The normalized spacial score (nSPS) is 11.0. The number of aromatic amines is 1. The Morgan fingerprint density at radius 2 is 1.86 bits per heavy atom. The monoisotopic (exact) mass is 324 g/mol. The second-order valence-electron chi connectivity index (χ2n) is 4.16. The number of nitrogens with zero attached hydrogens (tertiary/aromatic N) is 2. The van der Waals surface area contributed by atoms with Crippen LogP contribution in [0, 0.1) is 0 Å². The molecule has 0 bridgehead atoms. The summed E-state index contributed by atoms with van der Waals surface area (Å²) in [4.78, 5) is 26.7. The highest BCUT2D eigenvalue weighted by Gasteiger charge is 2.14. The maximum absolute atomic E-state index is 11.6. The number of H-pyrrole nitrogens is 1. The van der Waals surface area contributed by atoms with Crippen molar-refractivity contribution in [2.75, 3.05) is 5.32 Å². The molecular formula is C11H12N6O4S. The molecule has 0 saturated carbocycles. The Kier molecular flexibility index (Phi) is 4.48. The topological polar surface area (TPSA) is 160 Å². The van der Waals surface area contributed by atoms with Gasteiger partial charge in [0.1, 0.15) is 6.33 Å². The summed E-state index contributed by atoms with van der Waals surface area (Å²) in [5.74, 6) is -1.72. The van der Waals surface area contributed by atoms with Crippen LogP contribution in [0.25, 0.3) is 0 Å². The van der Waals surface area contributed by atoms with E-state index in [1.54, 1.807) is 0 Å². The van der Waals surface area contributed by atoms with E-state index < -0.39 is 21.8 Å². The molecule has 22 heavy (non-hydrogen) atoms. The molecule has 2 amide bonds. The van der Waals surface area contributed by atoms with E-state index in [0.29, 0.717) is 5.56 Å². The summed E-state index contributed by atoms with van der Waals surface area (Å²) in [5, 5.41) is 15.4. The van der Waals surface area contributed by atoms with Gasteiger partial charge in [-0.25, -0.2) is 18.7 Å². The number of hydrogen-bond donors (Lipinski definition) is 4. The van der Waals surface area contributed by atoms with Crippen molar-refractivity contribution in [3.05, 3.63) is 36.2 Å². The number of anilines is 1. The van der Waals surface area contributed by atoms with E-state index in [-0.39, 0.29) is 17.4 Å². The molecule has 2 aromatic rings. The number of nitrogens with two attached hydrogens (primary N) is 1. The molecule has 0 atom stereocenters. The molecule has 11 heteroatoms. The van der Waals surface area contributed by atoms with E-state index >= 15 is 0 Å². The van der Waals surface area contributed by atoms with Gasteiger partial charge in [0, 0.05) is 6.54 Å². The summed E-state index contributed by atoms with van der Waals surface area (Å²) in [7, 11) is -3.76.